The first kappa shape index (κ1) is 23.2. The predicted octanol–water partition coefficient (Wildman–Crippen LogP) is 6.11. The number of hydrogen-bond donors (Lipinski definition) is 0. The van der Waals surface area contributed by atoms with Crippen LogP contribution in [0.25, 0.3) is 16.3 Å². The summed E-state index contributed by atoms with van der Waals surface area (Å²) in [4.78, 5) is 20.1. The standard InChI is InChI=1S/C25H29N5OS2/c1-5-11-19(12-6-2)27-29-21(22-15-10-16-32-22)17-33-25(29)26-23-18(3)28(4)30(24(23)31)20-13-8-7-9-14-20/h7-10,13-17H,5-6,11-12H2,1-4H3. The second-order valence-electron chi connectivity index (χ2n) is 7.88. The lowest BCUT2D eigenvalue weighted by atomic mass is 10.1. The van der Waals surface area contributed by atoms with Gasteiger partial charge in [-0.25, -0.2) is 14.4 Å². The number of para-hydroxylation sites is 1. The van der Waals surface area contributed by atoms with Gasteiger partial charge in [0.05, 0.1) is 22.0 Å². The predicted molar refractivity (Wildman–Crippen MR) is 139 cm³/mol. The summed E-state index contributed by atoms with van der Waals surface area (Å²) in [7, 11) is 1.89. The summed E-state index contributed by atoms with van der Waals surface area (Å²) in [6.07, 6.45) is 3.99. The van der Waals surface area contributed by atoms with E-state index in [0.29, 0.717) is 10.5 Å². The van der Waals surface area contributed by atoms with Crippen LogP contribution in [0.5, 0.6) is 0 Å². The molecule has 0 spiro atoms. The summed E-state index contributed by atoms with van der Waals surface area (Å²) in [5.41, 5.74) is 4.11. The van der Waals surface area contributed by atoms with Crippen LogP contribution in [0, 0.1) is 6.92 Å². The first-order valence-corrected chi connectivity index (χ1v) is 13.0. The van der Waals surface area contributed by atoms with Crippen LogP contribution in [0.1, 0.15) is 45.2 Å². The molecular weight excluding hydrogens is 450 g/mol. The minimum absolute atomic E-state index is 0.134. The van der Waals surface area contributed by atoms with E-state index in [4.69, 9.17) is 10.1 Å². The van der Waals surface area contributed by atoms with E-state index in [-0.39, 0.29) is 5.56 Å². The summed E-state index contributed by atoms with van der Waals surface area (Å²) in [5, 5.41) is 9.19. The van der Waals surface area contributed by atoms with Crippen molar-refractivity contribution in [1.29, 1.82) is 0 Å². The highest BCUT2D eigenvalue weighted by atomic mass is 32.1. The molecule has 0 fully saturated rings. The molecule has 172 valence electrons. The zero-order valence-corrected chi connectivity index (χ0v) is 21.1. The Kier molecular flexibility index (Phi) is 7.25. The lowest BCUT2D eigenvalue weighted by Gasteiger charge is -2.07. The van der Waals surface area contributed by atoms with E-state index in [1.165, 1.54) is 11.3 Å². The number of hydrogen-bond acceptors (Lipinski definition) is 5. The highest BCUT2D eigenvalue weighted by molar-refractivity contribution is 7.14. The average Bonchev–Trinajstić information content (AvgIpc) is 3.52. The van der Waals surface area contributed by atoms with E-state index in [2.05, 4.69) is 30.7 Å². The van der Waals surface area contributed by atoms with Gasteiger partial charge in [-0.15, -0.1) is 22.7 Å². The molecule has 0 N–H and O–H groups in total. The number of rotatable bonds is 8. The molecule has 8 heteroatoms. The largest absolute Gasteiger partial charge is 0.297 e. The second kappa shape index (κ2) is 10.3. The third-order valence-corrected chi connectivity index (χ3v) is 7.22. The van der Waals surface area contributed by atoms with Gasteiger partial charge in [0.2, 0.25) is 4.80 Å². The molecule has 0 radical (unpaired) electrons. The Morgan fingerprint density at radius 1 is 1.00 bits per heavy atom. The summed E-state index contributed by atoms with van der Waals surface area (Å²) >= 11 is 3.19. The lowest BCUT2D eigenvalue weighted by molar-refractivity contribution is 0.630. The first-order chi connectivity index (χ1) is 16.0. The van der Waals surface area contributed by atoms with Crippen molar-refractivity contribution in [3.8, 4) is 16.3 Å². The van der Waals surface area contributed by atoms with E-state index in [1.807, 2.05) is 59.7 Å². The van der Waals surface area contributed by atoms with E-state index < -0.39 is 0 Å². The molecule has 0 aliphatic heterocycles. The van der Waals surface area contributed by atoms with E-state index in [9.17, 15) is 4.79 Å². The monoisotopic (exact) mass is 479 g/mol. The molecule has 4 aromatic rings. The van der Waals surface area contributed by atoms with Crippen molar-refractivity contribution in [2.45, 2.75) is 46.5 Å². The minimum Gasteiger partial charge on any atom is -0.283 e. The zero-order valence-electron chi connectivity index (χ0n) is 19.5. The van der Waals surface area contributed by atoms with Crippen LogP contribution in [0.3, 0.4) is 0 Å². The maximum atomic E-state index is 13.4. The van der Waals surface area contributed by atoms with Crippen LogP contribution in [-0.2, 0) is 7.05 Å². The molecule has 0 unspecified atom stereocenters. The van der Waals surface area contributed by atoms with Crippen molar-refractivity contribution in [2.24, 2.45) is 17.1 Å². The van der Waals surface area contributed by atoms with Crippen LogP contribution in [0.2, 0.25) is 0 Å². The number of thiophene rings is 1. The van der Waals surface area contributed by atoms with Gasteiger partial charge in [0.1, 0.15) is 0 Å². The molecule has 3 heterocycles. The number of benzene rings is 1. The molecule has 0 saturated heterocycles. The summed E-state index contributed by atoms with van der Waals surface area (Å²) < 4.78 is 5.45. The van der Waals surface area contributed by atoms with E-state index in [0.717, 1.165) is 53.3 Å². The maximum absolute atomic E-state index is 13.4. The minimum atomic E-state index is -0.134. The maximum Gasteiger partial charge on any atom is 0.297 e. The van der Waals surface area contributed by atoms with Gasteiger partial charge in [0, 0.05) is 18.1 Å². The van der Waals surface area contributed by atoms with Gasteiger partial charge >= 0.3 is 0 Å². The van der Waals surface area contributed by atoms with Crippen LogP contribution in [0.4, 0.5) is 5.69 Å². The quantitative estimate of drug-likeness (QED) is 0.281. The number of thiazole rings is 1. The fraction of sp³-hybridized carbons (Fsp3) is 0.320. The Hall–Kier alpha value is -2.97. The lowest BCUT2D eigenvalue weighted by Crippen LogP contribution is -2.20. The van der Waals surface area contributed by atoms with E-state index in [1.54, 1.807) is 16.0 Å². The van der Waals surface area contributed by atoms with Crippen molar-refractivity contribution >= 4 is 34.1 Å². The average molecular weight is 480 g/mol. The Labute approximate surface area is 201 Å². The fourth-order valence-corrected chi connectivity index (χ4v) is 5.42. The number of aromatic nitrogens is 3. The molecule has 0 amide bonds. The molecule has 4 rings (SSSR count). The van der Waals surface area contributed by atoms with Crippen molar-refractivity contribution in [3.05, 3.63) is 74.1 Å². The van der Waals surface area contributed by atoms with Crippen molar-refractivity contribution in [1.82, 2.24) is 14.0 Å². The van der Waals surface area contributed by atoms with Gasteiger partial charge in [-0.05, 0) is 43.3 Å². The molecule has 0 saturated carbocycles. The number of nitrogens with zero attached hydrogens (tertiary/aromatic N) is 5. The third-order valence-electron chi connectivity index (χ3n) is 5.51. The second-order valence-corrected chi connectivity index (χ2v) is 9.67. The molecular formula is C25H29N5OS2. The van der Waals surface area contributed by atoms with Crippen molar-refractivity contribution < 1.29 is 0 Å². The Morgan fingerprint density at radius 2 is 1.73 bits per heavy atom. The third kappa shape index (κ3) is 4.72. The molecule has 1 aromatic carbocycles. The summed E-state index contributed by atoms with van der Waals surface area (Å²) in [5.74, 6) is 0. The van der Waals surface area contributed by atoms with Gasteiger partial charge in [-0.1, -0.05) is 51.0 Å². The Bertz CT molecular complexity index is 1360. The Balaban J connectivity index is 1.93. The fourth-order valence-electron chi connectivity index (χ4n) is 3.79. The molecule has 6 nitrogen and oxygen atoms in total. The Morgan fingerprint density at radius 3 is 2.36 bits per heavy atom. The van der Waals surface area contributed by atoms with Crippen LogP contribution < -0.4 is 10.4 Å². The van der Waals surface area contributed by atoms with Gasteiger partial charge in [0.15, 0.2) is 5.69 Å². The van der Waals surface area contributed by atoms with Crippen LogP contribution >= 0.6 is 22.7 Å². The molecule has 0 aliphatic rings. The van der Waals surface area contributed by atoms with Crippen molar-refractivity contribution in [2.75, 3.05) is 0 Å². The van der Waals surface area contributed by atoms with Gasteiger partial charge < -0.3 is 0 Å². The zero-order chi connectivity index (χ0) is 23.4. The molecule has 0 bridgehead atoms. The highest BCUT2D eigenvalue weighted by Crippen LogP contribution is 2.26. The summed E-state index contributed by atoms with van der Waals surface area (Å²) in [6, 6.07) is 13.8. The van der Waals surface area contributed by atoms with Gasteiger partial charge in [-0.3, -0.25) is 9.48 Å². The molecule has 3 aromatic heterocycles. The topological polar surface area (TPSA) is 56.6 Å². The van der Waals surface area contributed by atoms with Crippen LogP contribution in [-0.4, -0.2) is 19.8 Å². The van der Waals surface area contributed by atoms with Crippen molar-refractivity contribution in [3.63, 3.8) is 0 Å². The highest BCUT2D eigenvalue weighted by Gasteiger charge is 2.17. The molecule has 0 aliphatic carbocycles. The van der Waals surface area contributed by atoms with E-state index >= 15 is 0 Å². The normalized spacial score (nSPS) is 11.8. The molecule has 33 heavy (non-hydrogen) atoms. The van der Waals surface area contributed by atoms with Gasteiger partial charge in [0.25, 0.3) is 5.56 Å². The summed E-state index contributed by atoms with van der Waals surface area (Å²) in [6.45, 7) is 6.28. The first-order valence-electron chi connectivity index (χ1n) is 11.2. The smallest absolute Gasteiger partial charge is 0.283 e. The molecule has 0 atom stereocenters. The van der Waals surface area contributed by atoms with Crippen LogP contribution in [0.15, 0.2) is 68.1 Å². The SMILES string of the molecule is CCCC(CCC)=Nn1c(-c2cccs2)csc1=Nc1c(C)n(C)n(-c2ccccc2)c1=O. The van der Waals surface area contributed by atoms with Gasteiger partial charge in [-0.2, -0.15) is 5.10 Å².